The lowest BCUT2D eigenvalue weighted by molar-refractivity contribution is -0.870. The van der Waals surface area contributed by atoms with Crippen LogP contribution in [0.3, 0.4) is 0 Å². The fourth-order valence-corrected chi connectivity index (χ4v) is 11.1. The summed E-state index contributed by atoms with van der Waals surface area (Å²) in [5, 5.41) is 13.9. The number of likely N-dealkylation sites (N-methyl/N-ethyl adjacent to an activating group) is 1. The van der Waals surface area contributed by atoms with E-state index in [0.717, 1.165) is 70.6 Å². The lowest BCUT2D eigenvalue weighted by atomic mass is 10.0. The largest absolute Gasteiger partial charge is 0.756 e. The fraction of sp³-hybridized carbons (Fsp3) is 0.797. The van der Waals surface area contributed by atoms with Crippen LogP contribution >= 0.6 is 7.82 Å². The second-order valence-corrected chi connectivity index (χ2v) is 26.6. The summed E-state index contributed by atoms with van der Waals surface area (Å²) in [4.78, 5) is 25.6. The van der Waals surface area contributed by atoms with Crippen molar-refractivity contribution in [2.45, 2.75) is 341 Å². The maximum atomic E-state index is 13.0. The third-order valence-corrected chi connectivity index (χ3v) is 16.8. The van der Waals surface area contributed by atoms with Gasteiger partial charge in [-0.05, 0) is 83.5 Å². The second-order valence-electron chi connectivity index (χ2n) is 25.2. The topological polar surface area (TPSA) is 108 Å². The van der Waals surface area contributed by atoms with E-state index in [1.807, 2.05) is 27.2 Å². The van der Waals surface area contributed by atoms with E-state index in [-0.39, 0.29) is 12.5 Å². The van der Waals surface area contributed by atoms with Crippen molar-refractivity contribution in [2.24, 2.45) is 0 Å². The fourth-order valence-electron chi connectivity index (χ4n) is 10.4. The molecule has 484 valence electrons. The van der Waals surface area contributed by atoms with Crippen LogP contribution in [-0.2, 0) is 18.4 Å². The summed E-state index contributed by atoms with van der Waals surface area (Å²) in [5.41, 5.74) is 0. The van der Waals surface area contributed by atoms with E-state index < -0.39 is 26.6 Å². The van der Waals surface area contributed by atoms with Gasteiger partial charge in [-0.15, -0.1) is 0 Å². The summed E-state index contributed by atoms with van der Waals surface area (Å²) in [6.07, 6.45) is 91.6. The molecule has 0 rings (SSSR count). The molecule has 0 aromatic heterocycles. The molecule has 0 saturated heterocycles. The molecule has 0 fully saturated rings. The predicted octanol–water partition coefficient (Wildman–Crippen LogP) is 22.1. The molecule has 0 aliphatic heterocycles. The highest BCUT2D eigenvalue weighted by atomic mass is 31.2. The first-order valence-electron chi connectivity index (χ1n) is 35.4. The van der Waals surface area contributed by atoms with Crippen LogP contribution in [-0.4, -0.2) is 68.5 Å². The summed E-state index contributed by atoms with van der Waals surface area (Å²) < 4.78 is 23.4. The molecule has 0 heterocycles. The Labute approximate surface area is 516 Å². The van der Waals surface area contributed by atoms with Gasteiger partial charge in [-0.1, -0.05) is 324 Å². The lowest BCUT2D eigenvalue weighted by Gasteiger charge is -2.29. The van der Waals surface area contributed by atoms with E-state index in [1.54, 1.807) is 6.08 Å². The molecule has 0 aromatic carbocycles. The van der Waals surface area contributed by atoms with E-state index in [2.05, 4.69) is 92.1 Å². The molecule has 0 bridgehead atoms. The van der Waals surface area contributed by atoms with E-state index in [4.69, 9.17) is 9.05 Å². The third-order valence-electron chi connectivity index (χ3n) is 15.8. The first kappa shape index (κ1) is 80.7. The standard InChI is InChI=1S/C74H137N2O6P/c1-6-8-10-12-14-16-18-20-22-24-26-28-29-30-31-32-33-34-35-36-37-38-39-40-41-42-43-44-45-46-47-48-50-52-54-56-58-60-62-64-66-68-74(78)75-72(71-82-83(79,80)81-70-69-76(3,4)5)73(77)67-65-63-61-59-57-55-53-51-49-27-25-23-21-19-17-15-13-11-9-7-2/h8,10,14,16,20,22,26,28,49,51,57,59,65,67,72-73,77H,6-7,9,11-13,15,17-19,21,23-25,27,29-48,50,52-56,58,60-64,66,68-71H2,1-5H3,(H-,75,78,79,80)/b10-8-,16-14-,22-20-,28-26-,51-49+,59-57+,67-65+. The first-order chi connectivity index (χ1) is 40.5. The Morgan fingerprint density at radius 3 is 1.12 bits per heavy atom. The van der Waals surface area contributed by atoms with Crippen LogP contribution in [0.4, 0.5) is 0 Å². The molecule has 0 aliphatic carbocycles. The molecule has 0 saturated carbocycles. The number of amides is 1. The van der Waals surface area contributed by atoms with Crippen LogP contribution in [0.2, 0.25) is 0 Å². The van der Waals surface area contributed by atoms with Crippen molar-refractivity contribution in [3.05, 3.63) is 85.1 Å². The van der Waals surface area contributed by atoms with Crippen molar-refractivity contribution >= 4 is 13.7 Å². The molecule has 9 heteroatoms. The van der Waals surface area contributed by atoms with Gasteiger partial charge in [0.1, 0.15) is 13.2 Å². The minimum absolute atomic E-state index is 0.00927. The van der Waals surface area contributed by atoms with Gasteiger partial charge >= 0.3 is 0 Å². The van der Waals surface area contributed by atoms with Crippen LogP contribution in [0.15, 0.2) is 85.1 Å². The van der Waals surface area contributed by atoms with Gasteiger partial charge in [-0.25, -0.2) is 0 Å². The average molecular weight is 1180 g/mol. The Morgan fingerprint density at radius 1 is 0.434 bits per heavy atom. The van der Waals surface area contributed by atoms with Gasteiger partial charge in [0.15, 0.2) is 0 Å². The Balaban J connectivity index is 3.95. The van der Waals surface area contributed by atoms with Crippen molar-refractivity contribution in [2.75, 3.05) is 40.9 Å². The quantitative estimate of drug-likeness (QED) is 0.0272. The second kappa shape index (κ2) is 64.2. The number of phosphoric ester groups is 1. The van der Waals surface area contributed by atoms with E-state index in [1.165, 1.54) is 238 Å². The Kier molecular flexibility index (Phi) is 62.4. The summed E-state index contributed by atoms with van der Waals surface area (Å²) in [5.74, 6) is -0.207. The zero-order chi connectivity index (χ0) is 60.5. The molecule has 83 heavy (non-hydrogen) atoms. The molecule has 0 spiro atoms. The highest BCUT2D eigenvalue weighted by Crippen LogP contribution is 2.38. The number of allylic oxidation sites excluding steroid dienone is 13. The zero-order valence-corrected chi connectivity index (χ0v) is 56.3. The van der Waals surface area contributed by atoms with Crippen LogP contribution in [0, 0.1) is 0 Å². The number of nitrogens with one attached hydrogen (secondary N) is 1. The average Bonchev–Trinajstić information content (AvgIpc) is 3.49. The SMILES string of the molecule is CC/C=C\C/C=C\C/C=C\C/C=C\CCCCCCCCCCCCCCCCCCCCCCCCCCCCCCC(=O)NC(COP(=O)([O-])OCC[N+](C)(C)C)C(O)/C=C/CC/C=C/CC/C=C/CCCCCCCCCCCC. The molecule has 0 aromatic rings. The number of hydrogen-bond acceptors (Lipinski definition) is 6. The minimum Gasteiger partial charge on any atom is -0.756 e. The Bertz CT molecular complexity index is 1630. The molecule has 3 unspecified atom stereocenters. The Hall–Kier alpha value is -2.32. The van der Waals surface area contributed by atoms with Crippen molar-refractivity contribution < 1.29 is 32.9 Å². The van der Waals surface area contributed by atoms with Crippen molar-refractivity contribution in [1.29, 1.82) is 0 Å². The van der Waals surface area contributed by atoms with E-state index in [0.29, 0.717) is 17.4 Å². The normalized spacial score (nSPS) is 14.2. The van der Waals surface area contributed by atoms with Crippen molar-refractivity contribution in [1.82, 2.24) is 5.32 Å². The number of nitrogens with zero attached hydrogens (tertiary/aromatic N) is 1. The van der Waals surface area contributed by atoms with Gasteiger partial charge in [0.05, 0.1) is 39.9 Å². The number of rotatable bonds is 65. The van der Waals surface area contributed by atoms with Crippen molar-refractivity contribution in [3.63, 3.8) is 0 Å². The smallest absolute Gasteiger partial charge is 0.268 e. The Morgan fingerprint density at radius 2 is 0.747 bits per heavy atom. The summed E-state index contributed by atoms with van der Waals surface area (Å²) >= 11 is 0. The van der Waals surface area contributed by atoms with Crippen LogP contribution in [0.1, 0.15) is 328 Å². The predicted molar refractivity (Wildman–Crippen MR) is 362 cm³/mol. The highest BCUT2D eigenvalue weighted by molar-refractivity contribution is 7.45. The number of unbranched alkanes of at least 4 members (excludes halogenated alkanes) is 40. The molecule has 1 amide bonds. The van der Waals surface area contributed by atoms with Gasteiger partial charge in [-0.3, -0.25) is 9.36 Å². The number of aliphatic hydroxyl groups excluding tert-OH is 1. The van der Waals surface area contributed by atoms with Crippen LogP contribution < -0.4 is 10.2 Å². The molecule has 2 N–H and O–H groups in total. The van der Waals surface area contributed by atoms with Gasteiger partial charge in [0, 0.05) is 6.42 Å². The van der Waals surface area contributed by atoms with Gasteiger partial charge in [-0.2, -0.15) is 0 Å². The molecular weight excluding hydrogens is 1040 g/mol. The third kappa shape index (κ3) is 67.1. The maximum Gasteiger partial charge on any atom is 0.268 e. The zero-order valence-electron chi connectivity index (χ0n) is 55.4. The summed E-state index contributed by atoms with van der Waals surface area (Å²) in [7, 11) is 1.24. The lowest BCUT2D eigenvalue weighted by Crippen LogP contribution is -2.45. The van der Waals surface area contributed by atoms with Crippen LogP contribution in [0.5, 0.6) is 0 Å². The number of aliphatic hydroxyl groups is 1. The van der Waals surface area contributed by atoms with Crippen molar-refractivity contribution in [3.8, 4) is 0 Å². The maximum absolute atomic E-state index is 13.0. The number of quaternary nitrogens is 1. The summed E-state index contributed by atoms with van der Waals surface area (Å²) in [6.45, 7) is 4.54. The monoisotopic (exact) mass is 1180 g/mol. The number of carbonyl (C=O) groups excluding carboxylic acids is 1. The van der Waals surface area contributed by atoms with Gasteiger partial charge in [0.2, 0.25) is 5.91 Å². The first-order valence-corrected chi connectivity index (χ1v) is 36.9. The molecular formula is C74H137N2O6P. The number of carbonyl (C=O) groups is 1. The van der Waals surface area contributed by atoms with E-state index in [9.17, 15) is 19.4 Å². The number of hydrogen-bond donors (Lipinski definition) is 2. The van der Waals surface area contributed by atoms with Gasteiger partial charge < -0.3 is 28.8 Å². The molecule has 0 radical (unpaired) electrons. The van der Waals surface area contributed by atoms with Crippen LogP contribution in [0.25, 0.3) is 0 Å². The number of phosphoric acid groups is 1. The molecule has 8 nitrogen and oxygen atoms in total. The summed E-state index contributed by atoms with van der Waals surface area (Å²) in [6, 6.07) is -0.912. The molecule has 3 atom stereocenters. The molecule has 0 aliphatic rings. The van der Waals surface area contributed by atoms with E-state index >= 15 is 0 Å². The highest BCUT2D eigenvalue weighted by Gasteiger charge is 2.23. The van der Waals surface area contributed by atoms with Gasteiger partial charge in [0.25, 0.3) is 7.82 Å². The minimum atomic E-state index is -4.61.